The first-order valence-electron chi connectivity index (χ1n) is 5.57. The third-order valence-corrected chi connectivity index (χ3v) is 2.87. The van der Waals surface area contributed by atoms with Crippen LogP contribution in [0.4, 0.5) is 5.82 Å². The molecule has 1 saturated heterocycles. The molecule has 1 aliphatic rings. The zero-order valence-electron chi connectivity index (χ0n) is 9.35. The molecule has 1 amide bonds. The molecule has 0 aromatic carbocycles. The molecule has 1 fully saturated rings. The number of anilines is 1. The minimum absolute atomic E-state index is 0.121. The van der Waals surface area contributed by atoms with Crippen LogP contribution < -0.4 is 5.32 Å². The molecule has 2 heterocycles. The number of nitrogens with zero attached hydrogens (tertiary/aromatic N) is 1. The lowest BCUT2D eigenvalue weighted by Crippen LogP contribution is -2.40. The van der Waals surface area contributed by atoms with E-state index in [1.165, 1.54) is 0 Å². The fourth-order valence-electron chi connectivity index (χ4n) is 2.08. The highest BCUT2D eigenvalue weighted by molar-refractivity contribution is 5.91. The molecule has 2 rings (SSSR count). The smallest absolute Gasteiger partial charge is 0.320 e. The average Bonchev–Trinajstić information content (AvgIpc) is 2.88. The van der Waals surface area contributed by atoms with Gasteiger partial charge in [0.1, 0.15) is 11.9 Å². The van der Waals surface area contributed by atoms with Crippen LogP contribution >= 0.6 is 0 Å². The first-order chi connectivity index (χ1) is 8.16. The molecule has 6 nitrogen and oxygen atoms in total. The molecule has 17 heavy (non-hydrogen) atoms. The molecule has 3 N–H and O–H groups in total. The van der Waals surface area contributed by atoms with Gasteiger partial charge in [0.05, 0.1) is 6.54 Å². The fourth-order valence-corrected chi connectivity index (χ4v) is 2.08. The number of hydrogen-bond acceptors (Lipinski definition) is 3. The molecule has 0 spiro atoms. The Morgan fingerprint density at radius 1 is 1.59 bits per heavy atom. The molecule has 0 radical (unpaired) electrons. The summed E-state index contributed by atoms with van der Waals surface area (Å²) < 4.78 is 0. The molecular formula is C11H15N3O3. The van der Waals surface area contributed by atoms with Crippen LogP contribution in [0.3, 0.4) is 0 Å². The van der Waals surface area contributed by atoms with E-state index in [1.807, 2.05) is 0 Å². The SMILES string of the molecule is O=C(CN1CCC[C@H]1C(=O)O)Nc1ccc[nH]1. The minimum Gasteiger partial charge on any atom is -0.480 e. The largest absolute Gasteiger partial charge is 0.480 e. The summed E-state index contributed by atoms with van der Waals surface area (Å²) >= 11 is 0. The normalized spacial score (nSPS) is 20.4. The Morgan fingerprint density at radius 3 is 3.06 bits per heavy atom. The highest BCUT2D eigenvalue weighted by Gasteiger charge is 2.31. The Labute approximate surface area is 98.6 Å². The number of likely N-dealkylation sites (tertiary alicyclic amines) is 1. The number of carboxylic acid groups (broad SMARTS) is 1. The van der Waals surface area contributed by atoms with Crippen molar-refractivity contribution in [1.29, 1.82) is 0 Å². The van der Waals surface area contributed by atoms with E-state index >= 15 is 0 Å². The van der Waals surface area contributed by atoms with Crippen LogP contribution in [0.15, 0.2) is 18.3 Å². The number of H-pyrrole nitrogens is 1. The summed E-state index contributed by atoms with van der Waals surface area (Å²) in [5, 5.41) is 11.7. The number of amides is 1. The quantitative estimate of drug-likeness (QED) is 0.712. The van der Waals surface area contributed by atoms with E-state index in [1.54, 1.807) is 23.2 Å². The van der Waals surface area contributed by atoms with E-state index in [-0.39, 0.29) is 12.5 Å². The molecule has 0 bridgehead atoms. The molecule has 6 heteroatoms. The maximum atomic E-state index is 11.7. The summed E-state index contributed by atoms with van der Waals surface area (Å²) in [6.45, 7) is 0.783. The van der Waals surface area contributed by atoms with Crippen molar-refractivity contribution in [2.75, 3.05) is 18.4 Å². The fraction of sp³-hybridized carbons (Fsp3) is 0.455. The number of aliphatic carboxylic acids is 1. The van der Waals surface area contributed by atoms with Gasteiger partial charge >= 0.3 is 5.97 Å². The summed E-state index contributed by atoms with van der Waals surface area (Å²) in [6.07, 6.45) is 3.16. The predicted octanol–water partition coefficient (Wildman–Crippen LogP) is 0.502. The summed E-state index contributed by atoms with van der Waals surface area (Å²) in [7, 11) is 0. The van der Waals surface area contributed by atoms with Crippen molar-refractivity contribution in [1.82, 2.24) is 9.88 Å². The van der Waals surface area contributed by atoms with Crippen LogP contribution in [-0.2, 0) is 9.59 Å². The number of carboxylic acids is 1. The number of carbonyl (C=O) groups excluding carboxylic acids is 1. The van der Waals surface area contributed by atoms with Crippen molar-refractivity contribution < 1.29 is 14.7 Å². The van der Waals surface area contributed by atoms with E-state index in [9.17, 15) is 9.59 Å². The first-order valence-corrected chi connectivity index (χ1v) is 5.57. The summed E-state index contributed by atoms with van der Waals surface area (Å²) in [6, 6.07) is 3.01. The van der Waals surface area contributed by atoms with Crippen LogP contribution in [0.5, 0.6) is 0 Å². The Kier molecular flexibility index (Phi) is 3.43. The van der Waals surface area contributed by atoms with Crippen LogP contribution in [0.1, 0.15) is 12.8 Å². The Hall–Kier alpha value is -1.82. The number of carbonyl (C=O) groups is 2. The van der Waals surface area contributed by atoms with Crippen molar-refractivity contribution in [3.05, 3.63) is 18.3 Å². The molecule has 0 aliphatic carbocycles. The van der Waals surface area contributed by atoms with Crippen molar-refractivity contribution in [2.45, 2.75) is 18.9 Å². The second kappa shape index (κ2) is 5.01. The molecule has 1 aromatic heterocycles. The predicted molar refractivity (Wildman–Crippen MR) is 61.7 cm³/mol. The summed E-state index contributed by atoms with van der Waals surface area (Å²) in [5.41, 5.74) is 0. The van der Waals surface area contributed by atoms with Gasteiger partial charge in [-0.25, -0.2) is 0 Å². The van der Waals surface area contributed by atoms with Crippen molar-refractivity contribution in [2.24, 2.45) is 0 Å². The minimum atomic E-state index is -0.852. The lowest BCUT2D eigenvalue weighted by Gasteiger charge is -2.19. The van der Waals surface area contributed by atoms with Gasteiger partial charge in [-0.1, -0.05) is 0 Å². The monoisotopic (exact) mass is 237 g/mol. The van der Waals surface area contributed by atoms with Crippen molar-refractivity contribution in [3.8, 4) is 0 Å². The van der Waals surface area contributed by atoms with Crippen LogP contribution in [-0.4, -0.2) is 46.0 Å². The molecule has 92 valence electrons. The number of aromatic nitrogens is 1. The van der Waals surface area contributed by atoms with E-state index in [0.29, 0.717) is 18.8 Å². The number of rotatable bonds is 4. The van der Waals surface area contributed by atoms with Gasteiger partial charge in [0.25, 0.3) is 0 Å². The van der Waals surface area contributed by atoms with Gasteiger partial charge in [0, 0.05) is 6.20 Å². The zero-order chi connectivity index (χ0) is 12.3. The molecule has 0 unspecified atom stereocenters. The maximum absolute atomic E-state index is 11.7. The van der Waals surface area contributed by atoms with Gasteiger partial charge < -0.3 is 15.4 Å². The zero-order valence-corrected chi connectivity index (χ0v) is 9.35. The molecular weight excluding hydrogens is 222 g/mol. The van der Waals surface area contributed by atoms with E-state index < -0.39 is 12.0 Å². The Morgan fingerprint density at radius 2 is 2.41 bits per heavy atom. The summed E-state index contributed by atoms with van der Waals surface area (Å²) in [4.78, 5) is 27.2. The van der Waals surface area contributed by atoms with Crippen molar-refractivity contribution >= 4 is 17.7 Å². The van der Waals surface area contributed by atoms with Crippen LogP contribution in [0, 0.1) is 0 Å². The van der Waals surface area contributed by atoms with Gasteiger partial charge in [-0.15, -0.1) is 0 Å². The molecule has 0 saturated carbocycles. The maximum Gasteiger partial charge on any atom is 0.320 e. The van der Waals surface area contributed by atoms with Gasteiger partial charge in [-0.3, -0.25) is 14.5 Å². The van der Waals surface area contributed by atoms with E-state index in [4.69, 9.17) is 5.11 Å². The first kappa shape index (κ1) is 11.7. The topological polar surface area (TPSA) is 85.4 Å². The lowest BCUT2D eigenvalue weighted by molar-refractivity contribution is -0.142. The van der Waals surface area contributed by atoms with Gasteiger partial charge in [-0.2, -0.15) is 0 Å². The second-order valence-corrected chi connectivity index (χ2v) is 4.10. The molecule has 1 aromatic rings. The van der Waals surface area contributed by atoms with Gasteiger partial charge in [-0.05, 0) is 31.5 Å². The third kappa shape index (κ3) is 2.85. The lowest BCUT2D eigenvalue weighted by atomic mass is 10.2. The standard InChI is InChI=1S/C11H15N3O3/c15-10(13-9-4-1-5-12-9)7-14-6-2-3-8(14)11(16)17/h1,4-5,8,12H,2-3,6-7H2,(H,13,15)(H,16,17)/t8-/m0/s1. The Balaban J connectivity index is 1.88. The van der Waals surface area contributed by atoms with Gasteiger partial charge in [0.2, 0.25) is 5.91 Å². The summed E-state index contributed by atoms with van der Waals surface area (Å²) in [5.74, 6) is -0.420. The van der Waals surface area contributed by atoms with Crippen LogP contribution in [0.25, 0.3) is 0 Å². The average molecular weight is 237 g/mol. The third-order valence-electron chi connectivity index (χ3n) is 2.87. The van der Waals surface area contributed by atoms with E-state index in [2.05, 4.69) is 10.3 Å². The van der Waals surface area contributed by atoms with Gasteiger partial charge in [0.15, 0.2) is 0 Å². The molecule has 1 aliphatic heterocycles. The van der Waals surface area contributed by atoms with E-state index in [0.717, 1.165) is 6.42 Å². The second-order valence-electron chi connectivity index (χ2n) is 4.10. The molecule has 1 atom stereocenters. The highest BCUT2D eigenvalue weighted by Crippen LogP contribution is 2.16. The van der Waals surface area contributed by atoms with Crippen molar-refractivity contribution in [3.63, 3.8) is 0 Å². The number of nitrogens with one attached hydrogen (secondary N) is 2. The Bertz CT molecular complexity index is 402. The van der Waals surface area contributed by atoms with Crippen LogP contribution in [0.2, 0.25) is 0 Å². The highest BCUT2D eigenvalue weighted by atomic mass is 16.4. The number of aromatic amines is 1. The number of hydrogen-bond donors (Lipinski definition) is 3.